The second-order valence-corrected chi connectivity index (χ2v) is 3.01. The van der Waals surface area contributed by atoms with Gasteiger partial charge in [0.25, 0.3) is 0 Å². The average molecular weight is 157 g/mol. The number of hydrogen-bond donors (Lipinski definition) is 2. The van der Waals surface area contributed by atoms with Gasteiger partial charge in [0, 0.05) is 33.9 Å². The van der Waals surface area contributed by atoms with E-state index in [4.69, 9.17) is 0 Å². The lowest BCUT2D eigenvalue weighted by Gasteiger charge is -2.25. The van der Waals surface area contributed by atoms with Crippen LogP contribution >= 0.6 is 0 Å². The first-order valence-corrected chi connectivity index (χ1v) is 3.84. The number of rotatable bonds is 1. The lowest BCUT2D eigenvalue weighted by Crippen LogP contribution is -2.49. The Kier molecular flexibility index (Phi) is 2.84. The Balaban J connectivity index is 2.39. The molecule has 0 atom stereocenters. The summed E-state index contributed by atoms with van der Waals surface area (Å²) in [6.45, 7) is 2.41. The van der Waals surface area contributed by atoms with Crippen LogP contribution in [0.4, 0.5) is 0 Å². The lowest BCUT2D eigenvalue weighted by atomic mass is 10.1. The quantitative estimate of drug-likeness (QED) is 0.505. The van der Waals surface area contributed by atoms with Crippen molar-refractivity contribution >= 4 is 5.91 Å². The third kappa shape index (κ3) is 2.17. The molecule has 1 saturated heterocycles. The van der Waals surface area contributed by atoms with Crippen molar-refractivity contribution in [1.82, 2.24) is 15.5 Å². The van der Waals surface area contributed by atoms with E-state index < -0.39 is 0 Å². The zero-order valence-electron chi connectivity index (χ0n) is 7.05. The van der Waals surface area contributed by atoms with E-state index in [1.165, 1.54) is 0 Å². The van der Waals surface area contributed by atoms with Crippen LogP contribution in [0.15, 0.2) is 0 Å². The van der Waals surface area contributed by atoms with E-state index in [9.17, 15) is 4.79 Å². The van der Waals surface area contributed by atoms with E-state index >= 15 is 0 Å². The highest BCUT2D eigenvalue weighted by molar-refractivity contribution is 5.78. The Morgan fingerprint density at radius 3 is 2.36 bits per heavy atom. The van der Waals surface area contributed by atoms with Crippen molar-refractivity contribution in [2.24, 2.45) is 5.92 Å². The monoisotopic (exact) mass is 157 g/mol. The smallest absolute Gasteiger partial charge is 0.227 e. The summed E-state index contributed by atoms with van der Waals surface area (Å²) in [5.41, 5.74) is 0. The fourth-order valence-corrected chi connectivity index (χ4v) is 1.19. The predicted octanol–water partition coefficient (Wildman–Crippen LogP) is -1.16. The van der Waals surface area contributed by atoms with Crippen molar-refractivity contribution in [3.63, 3.8) is 0 Å². The first kappa shape index (κ1) is 8.49. The third-order valence-corrected chi connectivity index (χ3v) is 1.82. The molecule has 0 bridgehead atoms. The van der Waals surface area contributed by atoms with Crippen LogP contribution in [0.5, 0.6) is 0 Å². The molecule has 0 aromatic carbocycles. The minimum absolute atomic E-state index is 0.110. The molecule has 4 nitrogen and oxygen atoms in total. The second-order valence-electron chi connectivity index (χ2n) is 3.01. The summed E-state index contributed by atoms with van der Waals surface area (Å²) < 4.78 is 0. The van der Waals surface area contributed by atoms with Gasteiger partial charge in [0.05, 0.1) is 5.92 Å². The van der Waals surface area contributed by atoms with E-state index in [0.29, 0.717) is 0 Å². The zero-order chi connectivity index (χ0) is 8.27. The first-order chi connectivity index (χ1) is 5.22. The van der Waals surface area contributed by atoms with Crippen molar-refractivity contribution < 1.29 is 4.79 Å². The summed E-state index contributed by atoms with van der Waals surface area (Å²) in [5, 5.41) is 6.22. The van der Waals surface area contributed by atoms with Crippen molar-refractivity contribution in [2.45, 2.75) is 0 Å². The van der Waals surface area contributed by atoms with Gasteiger partial charge in [-0.05, 0) is 0 Å². The fourth-order valence-electron chi connectivity index (χ4n) is 1.19. The van der Waals surface area contributed by atoms with Crippen molar-refractivity contribution in [3.05, 3.63) is 0 Å². The molecule has 0 aliphatic carbocycles. The van der Waals surface area contributed by atoms with E-state index in [1.807, 2.05) is 0 Å². The molecule has 11 heavy (non-hydrogen) atoms. The summed E-state index contributed by atoms with van der Waals surface area (Å²) in [6, 6.07) is 0. The Morgan fingerprint density at radius 1 is 1.36 bits per heavy atom. The summed E-state index contributed by atoms with van der Waals surface area (Å²) in [4.78, 5) is 13.0. The SMILES string of the molecule is CN(C)C(=O)C1CNCNC1. The van der Waals surface area contributed by atoms with Gasteiger partial charge >= 0.3 is 0 Å². The summed E-state index contributed by atoms with van der Waals surface area (Å²) in [7, 11) is 3.58. The summed E-state index contributed by atoms with van der Waals surface area (Å²) in [5.74, 6) is 0.309. The standard InChI is InChI=1S/C7H15N3O/c1-10(2)7(11)6-3-8-5-9-4-6/h6,8-9H,3-5H2,1-2H3. The van der Waals surface area contributed by atoms with Gasteiger partial charge in [-0.2, -0.15) is 0 Å². The maximum absolute atomic E-state index is 11.3. The number of amides is 1. The van der Waals surface area contributed by atoms with Crippen LogP contribution < -0.4 is 10.6 Å². The second kappa shape index (κ2) is 3.69. The molecule has 0 saturated carbocycles. The normalized spacial score (nSPS) is 19.8. The van der Waals surface area contributed by atoms with Gasteiger partial charge < -0.3 is 15.5 Å². The molecule has 1 heterocycles. The van der Waals surface area contributed by atoms with Crippen LogP contribution in [0, 0.1) is 5.92 Å². The van der Waals surface area contributed by atoms with Crippen LogP contribution in [0.1, 0.15) is 0 Å². The van der Waals surface area contributed by atoms with Crippen molar-refractivity contribution in [1.29, 1.82) is 0 Å². The Labute approximate surface area is 66.9 Å². The maximum atomic E-state index is 11.3. The third-order valence-electron chi connectivity index (χ3n) is 1.82. The molecule has 1 aliphatic rings. The molecule has 1 amide bonds. The lowest BCUT2D eigenvalue weighted by molar-refractivity contribution is -0.133. The molecule has 0 unspecified atom stereocenters. The van der Waals surface area contributed by atoms with E-state index in [0.717, 1.165) is 19.8 Å². The van der Waals surface area contributed by atoms with Crippen LogP contribution in [0.3, 0.4) is 0 Å². The molecule has 0 radical (unpaired) electrons. The van der Waals surface area contributed by atoms with E-state index in [1.54, 1.807) is 19.0 Å². The average Bonchev–Trinajstić information content (AvgIpc) is 2.05. The Hall–Kier alpha value is -0.610. The molecule has 0 spiro atoms. The Bertz CT molecular complexity index is 141. The number of carbonyl (C=O) groups excluding carboxylic acids is 1. The molecule has 64 valence electrons. The van der Waals surface area contributed by atoms with Crippen LogP contribution in [0.2, 0.25) is 0 Å². The number of hydrogen-bond acceptors (Lipinski definition) is 3. The Morgan fingerprint density at radius 2 is 1.91 bits per heavy atom. The predicted molar refractivity (Wildman–Crippen MR) is 43.1 cm³/mol. The molecular weight excluding hydrogens is 142 g/mol. The molecular formula is C7H15N3O. The molecule has 1 fully saturated rings. The summed E-state index contributed by atoms with van der Waals surface area (Å²) >= 11 is 0. The topological polar surface area (TPSA) is 44.4 Å². The zero-order valence-corrected chi connectivity index (χ0v) is 7.05. The minimum atomic E-state index is 0.110. The van der Waals surface area contributed by atoms with Gasteiger partial charge in [0.2, 0.25) is 5.91 Å². The van der Waals surface area contributed by atoms with Crippen molar-refractivity contribution in [2.75, 3.05) is 33.9 Å². The number of nitrogens with zero attached hydrogens (tertiary/aromatic N) is 1. The minimum Gasteiger partial charge on any atom is -0.348 e. The van der Waals surface area contributed by atoms with Gasteiger partial charge in [0.15, 0.2) is 0 Å². The van der Waals surface area contributed by atoms with Gasteiger partial charge in [0.1, 0.15) is 0 Å². The molecule has 4 heteroatoms. The largest absolute Gasteiger partial charge is 0.348 e. The highest BCUT2D eigenvalue weighted by Crippen LogP contribution is 1.99. The molecule has 1 aliphatic heterocycles. The molecule has 2 N–H and O–H groups in total. The van der Waals surface area contributed by atoms with Gasteiger partial charge in [-0.3, -0.25) is 4.79 Å². The highest BCUT2D eigenvalue weighted by Gasteiger charge is 2.21. The number of carbonyl (C=O) groups is 1. The van der Waals surface area contributed by atoms with Crippen LogP contribution in [0.25, 0.3) is 0 Å². The van der Waals surface area contributed by atoms with Gasteiger partial charge in [-0.25, -0.2) is 0 Å². The van der Waals surface area contributed by atoms with E-state index in [2.05, 4.69) is 10.6 Å². The van der Waals surface area contributed by atoms with Crippen LogP contribution in [-0.2, 0) is 4.79 Å². The molecule has 0 aromatic heterocycles. The van der Waals surface area contributed by atoms with Gasteiger partial charge in [-0.1, -0.05) is 0 Å². The first-order valence-electron chi connectivity index (χ1n) is 3.84. The van der Waals surface area contributed by atoms with Crippen molar-refractivity contribution in [3.8, 4) is 0 Å². The summed E-state index contributed by atoms with van der Waals surface area (Å²) in [6.07, 6.45) is 0. The maximum Gasteiger partial charge on any atom is 0.227 e. The molecule has 0 aromatic rings. The molecule has 1 rings (SSSR count). The van der Waals surface area contributed by atoms with Crippen LogP contribution in [-0.4, -0.2) is 44.7 Å². The van der Waals surface area contributed by atoms with E-state index in [-0.39, 0.29) is 11.8 Å². The van der Waals surface area contributed by atoms with Gasteiger partial charge in [-0.15, -0.1) is 0 Å². The fraction of sp³-hybridized carbons (Fsp3) is 0.857. The highest BCUT2D eigenvalue weighted by atomic mass is 16.2. The number of nitrogens with one attached hydrogen (secondary N) is 2.